The van der Waals surface area contributed by atoms with Crippen LogP contribution in [-0.2, 0) is 6.54 Å². The maximum Gasteiger partial charge on any atom is 0.268 e. The summed E-state index contributed by atoms with van der Waals surface area (Å²) >= 11 is 0. The molecule has 72 valence electrons. The Morgan fingerprint density at radius 3 is 2.69 bits per heavy atom. The predicted octanol–water partition coefficient (Wildman–Crippen LogP) is 0.988. The molecule has 1 aliphatic heterocycles. The summed E-state index contributed by atoms with van der Waals surface area (Å²) in [7, 11) is 0. The molecule has 13 heavy (non-hydrogen) atoms. The molecule has 0 saturated heterocycles. The van der Waals surface area contributed by atoms with Gasteiger partial charge in [0.25, 0.3) is 5.56 Å². The first-order valence-electron chi connectivity index (χ1n) is 4.66. The van der Waals surface area contributed by atoms with Gasteiger partial charge in [-0.25, -0.2) is 0 Å². The summed E-state index contributed by atoms with van der Waals surface area (Å²) in [6, 6.07) is 0.809. The van der Waals surface area contributed by atoms with Gasteiger partial charge >= 0.3 is 0 Å². The van der Waals surface area contributed by atoms with Crippen LogP contribution in [0.5, 0.6) is 0 Å². The SMILES string of the molecule is CC(C)N1Cc2c([nH][nH]c2=O)C1C. The van der Waals surface area contributed by atoms with Crippen LogP contribution in [0.25, 0.3) is 0 Å². The van der Waals surface area contributed by atoms with Crippen LogP contribution in [-0.4, -0.2) is 21.1 Å². The van der Waals surface area contributed by atoms with Gasteiger partial charge < -0.3 is 5.10 Å². The lowest BCUT2D eigenvalue weighted by atomic mass is 10.2. The molecule has 2 N–H and O–H groups in total. The highest BCUT2D eigenvalue weighted by Crippen LogP contribution is 2.30. The van der Waals surface area contributed by atoms with E-state index in [1.807, 2.05) is 0 Å². The molecule has 4 nitrogen and oxygen atoms in total. The minimum atomic E-state index is 0.0324. The Kier molecular flexibility index (Phi) is 1.80. The highest BCUT2D eigenvalue weighted by atomic mass is 16.1. The second-order valence-electron chi connectivity index (χ2n) is 3.91. The smallest absolute Gasteiger partial charge is 0.268 e. The van der Waals surface area contributed by atoms with Gasteiger partial charge in [-0.3, -0.25) is 14.8 Å². The highest BCUT2D eigenvalue weighted by molar-refractivity contribution is 5.24. The van der Waals surface area contributed by atoms with E-state index >= 15 is 0 Å². The maximum atomic E-state index is 11.3. The van der Waals surface area contributed by atoms with E-state index in [9.17, 15) is 4.79 Å². The Labute approximate surface area is 76.9 Å². The number of H-pyrrole nitrogens is 2. The number of hydrogen-bond acceptors (Lipinski definition) is 2. The van der Waals surface area contributed by atoms with Gasteiger partial charge in [0.15, 0.2) is 0 Å². The fourth-order valence-corrected chi connectivity index (χ4v) is 2.03. The van der Waals surface area contributed by atoms with Crippen molar-refractivity contribution in [2.45, 2.75) is 39.4 Å². The molecular weight excluding hydrogens is 166 g/mol. The minimum absolute atomic E-state index is 0.0324. The molecule has 1 atom stereocenters. The van der Waals surface area contributed by atoms with Crippen molar-refractivity contribution in [2.75, 3.05) is 0 Å². The van der Waals surface area contributed by atoms with Gasteiger partial charge in [-0.2, -0.15) is 0 Å². The molecule has 2 rings (SSSR count). The van der Waals surface area contributed by atoms with Crippen molar-refractivity contribution in [1.29, 1.82) is 0 Å². The van der Waals surface area contributed by atoms with Crippen LogP contribution in [0, 0.1) is 0 Å². The van der Waals surface area contributed by atoms with Crippen LogP contribution in [0.3, 0.4) is 0 Å². The fourth-order valence-electron chi connectivity index (χ4n) is 2.03. The van der Waals surface area contributed by atoms with Gasteiger partial charge in [0.05, 0.1) is 11.3 Å². The summed E-state index contributed by atoms with van der Waals surface area (Å²) in [6.45, 7) is 7.19. The summed E-state index contributed by atoms with van der Waals surface area (Å²) in [5.41, 5.74) is 1.99. The maximum absolute atomic E-state index is 11.3. The van der Waals surface area contributed by atoms with Crippen LogP contribution in [0.2, 0.25) is 0 Å². The summed E-state index contributed by atoms with van der Waals surface area (Å²) in [6.07, 6.45) is 0. The van der Waals surface area contributed by atoms with Crippen molar-refractivity contribution in [3.05, 3.63) is 21.6 Å². The summed E-state index contributed by atoms with van der Waals surface area (Å²) < 4.78 is 0. The van der Waals surface area contributed by atoms with Crippen molar-refractivity contribution < 1.29 is 0 Å². The lowest BCUT2D eigenvalue weighted by Gasteiger charge is -2.25. The van der Waals surface area contributed by atoms with Crippen LogP contribution < -0.4 is 5.56 Å². The van der Waals surface area contributed by atoms with Crippen molar-refractivity contribution in [1.82, 2.24) is 15.1 Å². The Bertz CT molecular complexity index is 363. The second-order valence-corrected chi connectivity index (χ2v) is 3.91. The Morgan fingerprint density at radius 2 is 2.15 bits per heavy atom. The number of fused-ring (bicyclic) bond motifs is 1. The lowest BCUT2D eigenvalue weighted by Crippen LogP contribution is -2.29. The lowest BCUT2D eigenvalue weighted by molar-refractivity contribution is 0.176. The quantitative estimate of drug-likeness (QED) is 0.678. The molecule has 0 radical (unpaired) electrons. The standard InChI is InChI=1S/C9H15N3O/c1-5(2)12-4-7-8(6(12)3)10-11-9(7)13/h5-6H,4H2,1-3H3,(H2,10,11,13). The molecule has 1 aliphatic rings. The van der Waals surface area contributed by atoms with Crippen molar-refractivity contribution in [3.8, 4) is 0 Å². The van der Waals surface area contributed by atoms with Crippen LogP contribution in [0.1, 0.15) is 38.1 Å². The third kappa shape index (κ3) is 1.13. The van der Waals surface area contributed by atoms with Crippen LogP contribution in [0.4, 0.5) is 0 Å². The molecule has 1 unspecified atom stereocenters. The number of nitrogens with one attached hydrogen (secondary N) is 2. The molecule has 0 aliphatic carbocycles. The van der Waals surface area contributed by atoms with E-state index in [2.05, 4.69) is 35.9 Å². The van der Waals surface area contributed by atoms with Crippen molar-refractivity contribution in [3.63, 3.8) is 0 Å². The van der Waals surface area contributed by atoms with Gasteiger partial charge in [-0.05, 0) is 20.8 Å². The predicted molar refractivity (Wildman–Crippen MR) is 50.5 cm³/mol. The van der Waals surface area contributed by atoms with Gasteiger partial charge in [0.1, 0.15) is 0 Å². The second kappa shape index (κ2) is 2.73. The zero-order chi connectivity index (χ0) is 9.59. The fraction of sp³-hybridized carbons (Fsp3) is 0.667. The molecule has 0 bridgehead atoms. The Balaban J connectivity index is 2.38. The number of aromatic nitrogens is 2. The first kappa shape index (κ1) is 8.56. The van der Waals surface area contributed by atoms with Gasteiger partial charge in [-0.15, -0.1) is 0 Å². The molecule has 0 aromatic carbocycles. The highest BCUT2D eigenvalue weighted by Gasteiger charge is 2.31. The molecule has 4 heteroatoms. The zero-order valence-electron chi connectivity index (χ0n) is 8.22. The molecule has 1 aromatic rings. The van der Waals surface area contributed by atoms with Crippen molar-refractivity contribution >= 4 is 0 Å². The minimum Gasteiger partial charge on any atom is -0.300 e. The third-order valence-electron chi connectivity index (χ3n) is 2.83. The molecule has 0 amide bonds. The van der Waals surface area contributed by atoms with Gasteiger partial charge in [-0.1, -0.05) is 0 Å². The van der Waals surface area contributed by atoms with E-state index in [0.717, 1.165) is 17.8 Å². The Morgan fingerprint density at radius 1 is 1.46 bits per heavy atom. The molecular formula is C9H15N3O. The average Bonchev–Trinajstić information content (AvgIpc) is 2.55. The summed E-state index contributed by atoms with van der Waals surface area (Å²) in [5.74, 6) is 0. The number of hydrogen-bond donors (Lipinski definition) is 2. The average molecular weight is 181 g/mol. The Hall–Kier alpha value is -1.03. The largest absolute Gasteiger partial charge is 0.300 e. The third-order valence-corrected chi connectivity index (χ3v) is 2.83. The van der Waals surface area contributed by atoms with E-state index in [0.29, 0.717) is 12.1 Å². The van der Waals surface area contributed by atoms with Crippen LogP contribution >= 0.6 is 0 Å². The van der Waals surface area contributed by atoms with E-state index in [4.69, 9.17) is 0 Å². The topological polar surface area (TPSA) is 51.9 Å². The monoisotopic (exact) mass is 181 g/mol. The first-order chi connectivity index (χ1) is 6.11. The number of rotatable bonds is 1. The van der Waals surface area contributed by atoms with Crippen molar-refractivity contribution in [2.24, 2.45) is 0 Å². The number of aromatic amines is 2. The number of nitrogens with zero attached hydrogens (tertiary/aromatic N) is 1. The first-order valence-corrected chi connectivity index (χ1v) is 4.66. The summed E-state index contributed by atoms with van der Waals surface area (Å²) in [5, 5.41) is 5.56. The summed E-state index contributed by atoms with van der Waals surface area (Å²) in [4.78, 5) is 13.6. The van der Waals surface area contributed by atoms with E-state index in [1.54, 1.807) is 0 Å². The normalized spacial score (nSPS) is 22.6. The van der Waals surface area contributed by atoms with E-state index < -0.39 is 0 Å². The molecule has 0 spiro atoms. The van der Waals surface area contributed by atoms with E-state index in [1.165, 1.54) is 0 Å². The molecule has 2 heterocycles. The van der Waals surface area contributed by atoms with Gasteiger partial charge in [0.2, 0.25) is 0 Å². The van der Waals surface area contributed by atoms with Crippen LogP contribution in [0.15, 0.2) is 4.79 Å². The molecule has 1 aromatic heterocycles. The molecule has 0 saturated carbocycles. The van der Waals surface area contributed by atoms with E-state index in [-0.39, 0.29) is 5.56 Å². The molecule has 0 fully saturated rings. The van der Waals surface area contributed by atoms with Gasteiger partial charge in [0, 0.05) is 18.6 Å². The zero-order valence-corrected chi connectivity index (χ0v) is 8.22.